The third-order valence-electron chi connectivity index (χ3n) is 3.04. The van der Waals surface area contributed by atoms with E-state index >= 15 is 0 Å². The number of hydrogen-bond acceptors (Lipinski definition) is 4. The van der Waals surface area contributed by atoms with Crippen LogP contribution in [-0.4, -0.2) is 10.7 Å². The van der Waals surface area contributed by atoms with Crippen LogP contribution < -0.4 is 5.32 Å². The third-order valence-corrected chi connectivity index (χ3v) is 5.14. The maximum Gasteiger partial charge on any atom is 0.427 e. The number of benzene rings is 1. The van der Waals surface area contributed by atoms with Gasteiger partial charge in [0.05, 0.1) is 12.2 Å². The molecule has 1 aromatic carbocycles. The molecular formula is C13H11F3N2S2. The van der Waals surface area contributed by atoms with Gasteiger partial charge in [0.1, 0.15) is 4.88 Å². The highest BCUT2D eigenvalue weighted by Crippen LogP contribution is 2.40. The van der Waals surface area contributed by atoms with E-state index in [-0.39, 0.29) is 6.04 Å². The van der Waals surface area contributed by atoms with Gasteiger partial charge in [0.15, 0.2) is 5.13 Å². The smallest absolute Gasteiger partial charge is 0.355 e. The predicted octanol–water partition coefficient (Wildman–Crippen LogP) is 4.81. The fourth-order valence-corrected chi connectivity index (χ4v) is 3.97. The maximum atomic E-state index is 12.6. The summed E-state index contributed by atoms with van der Waals surface area (Å²) < 4.78 is 37.7. The highest BCUT2D eigenvalue weighted by molar-refractivity contribution is 7.99. The Labute approximate surface area is 122 Å². The molecule has 0 amide bonds. The third kappa shape index (κ3) is 2.78. The first-order valence-corrected chi connectivity index (χ1v) is 7.85. The number of halogens is 3. The monoisotopic (exact) mass is 316 g/mol. The molecule has 2 aromatic rings. The molecule has 0 spiro atoms. The molecule has 0 saturated carbocycles. The molecule has 7 heteroatoms. The van der Waals surface area contributed by atoms with Crippen molar-refractivity contribution in [3.05, 3.63) is 40.9 Å². The van der Waals surface area contributed by atoms with Crippen molar-refractivity contribution in [1.82, 2.24) is 4.98 Å². The van der Waals surface area contributed by atoms with Crippen molar-refractivity contribution in [3.63, 3.8) is 0 Å². The van der Waals surface area contributed by atoms with Gasteiger partial charge in [0.2, 0.25) is 0 Å². The summed E-state index contributed by atoms with van der Waals surface area (Å²) in [7, 11) is 0. The van der Waals surface area contributed by atoms with Crippen molar-refractivity contribution < 1.29 is 13.2 Å². The molecule has 1 unspecified atom stereocenters. The van der Waals surface area contributed by atoms with E-state index in [1.54, 1.807) is 11.8 Å². The molecule has 0 bridgehead atoms. The molecule has 1 aromatic heterocycles. The standard InChI is InChI=1S/C13H11F3N2S2/c14-13(15,16)11-7-17-12(20-11)18-9-5-6-19-10-4-2-1-3-8(9)10/h1-4,7,9H,5-6H2,(H,17,18). The summed E-state index contributed by atoms with van der Waals surface area (Å²) in [6.07, 6.45) is -2.56. The van der Waals surface area contributed by atoms with Crippen molar-refractivity contribution in [1.29, 1.82) is 0 Å². The Kier molecular flexibility index (Phi) is 3.64. The zero-order valence-electron chi connectivity index (χ0n) is 10.3. The van der Waals surface area contributed by atoms with Crippen molar-refractivity contribution in [2.75, 3.05) is 11.1 Å². The Hall–Kier alpha value is -1.21. The summed E-state index contributed by atoms with van der Waals surface area (Å²) in [5.74, 6) is 0.951. The van der Waals surface area contributed by atoms with Crippen LogP contribution in [0.15, 0.2) is 35.4 Å². The second-order valence-corrected chi connectivity index (χ2v) is 6.57. The molecule has 2 nitrogen and oxygen atoms in total. The highest BCUT2D eigenvalue weighted by Gasteiger charge is 2.33. The van der Waals surface area contributed by atoms with Crippen molar-refractivity contribution in [3.8, 4) is 0 Å². The first-order chi connectivity index (χ1) is 9.54. The summed E-state index contributed by atoms with van der Waals surface area (Å²) in [6, 6.07) is 8.00. The van der Waals surface area contributed by atoms with Crippen LogP contribution in [0.3, 0.4) is 0 Å². The second kappa shape index (κ2) is 5.29. The first-order valence-electron chi connectivity index (χ1n) is 6.05. The molecule has 0 saturated heterocycles. The molecule has 0 fully saturated rings. The van der Waals surface area contributed by atoms with Gasteiger partial charge in [0.25, 0.3) is 0 Å². The Balaban J connectivity index is 1.81. The minimum atomic E-state index is -4.32. The lowest BCUT2D eigenvalue weighted by Crippen LogP contribution is -2.15. The lowest BCUT2D eigenvalue weighted by Gasteiger charge is -2.25. The fraction of sp³-hybridized carbons (Fsp3) is 0.308. The molecular weight excluding hydrogens is 305 g/mol. The van der Waals surface area contributed by atoms with Crippen LogP contribution in [-0.2, 0) is 6.18 Å². The molecule has 20 heavy (non-hydrogen) atoms. The molecule has 0 radical (unpaired) electrons. The molecule has 1 N–H and O–H groups in total. The largest absolute Gasteiger partial charge is 0.427 e. The van der Waals surface area contributed by atoms with Crippen LogP contribution in [0.5, 0.6) is 0 Å². The normalized spacial score (nSPS) is 18.6. The molecule has 3 rings (SSSR count). The number of alkyl halides is 3. The van der Waals surface area contributed by atoms with E-state index in [4.69, 9.17) is 0 Å². The number of aromatic nitrogens is 1. The second-order valence-electron chi connectivity index (χ2n) is 4.40. The Morgan fingerprint density at radius 1 is 1.25 bits per heavy atom. The fourth-order valence-electron chi connectivity index (χ4n) is 2.11. The minimum Gasteiger partial charge on any atom is -0.355 e. The lowest BCUT2D eigenvalue weighted by atomic mass is 10.0. The molecule has 1 atom stereocenters. The van der Waals surface area contributed by atoms with E-state index in [2.05, 4.69) is 10.3 Å². The van der Waals surface area contributed by atoms with E-state index < -0.39 is 11.1 Å². The SMILES string of the molecule is FC(F)(F)c1cnc(NC2CCSc3ccccc32)s1. The number of thiazole rings is 1. The average Bonchev–Trinajstić information content (AvgIpc) is 2.88. The van der Waals surface area contributed by atoms with Crippen LogP contribution in [0.25, 0.3) is 0 Å². The number of hydrogen-bond donors (Lipinski definition) is 1. The lowest BCUT2D eigenvalue weighted by molar-refractivity contribution is -0.134. The van der Waals surface area contributed by atoms with Gasteiger partial charge < -0.3 is 5.32 Å². The number of nitrogens with zero attached hydrogens (tertiary/aromatic N) is 1. The van der Waals surface area contributed by atoms with Gasteiger partial charge in [-0.1, -0.05) is 29.5 Å². The van der Waals surface area contributed by atoms with Crippen LogP contribution in [0.1, 0.15) is 22.9 Å². The number of nitrogens with one attached hydrogen (secondary N) is 1. The van der Waals surface area contributed by atoms with Gasteiger partial charge in [-0.25, -0.2) is 4.98 Å². The molecule has 106 valence electrons. The molecule has 2 heterocycles. The Morgan fingerprint density at radius 2 is 2.05 bits per heavy atom. The summed E-state index contributed by atoms with van der Waals surface area (Å²) in [5, 5.41) is 3.45. The Morgan fingerprint density at radius 3 is 2.80 bits per heavy atom. The van der Waals surface area contributed by atoms with Crippen molar-refractivity contribution in [2.24, 2.45) is 0 Å². The number of thioether (sulfide) groups is 1. The zero-order chi connectivity index (χ0) is 14.2. The van der Waals surface area contributed by atoms with E-state index in [0.717, 1.165) is 23.9 Å². The molecule has 0 aliphatic carbocycles. The maximum absolute atomic E-state index is 12.6. The first kappa shape index (κ1) is 13.8. The van der Waals surface area contributed by atoms with E-state index in [1.807, 2.05) is 24.3 Å². The predicted molar refractivity (Wildman–Crippen MR) is 75.3 cm³/mol. The van der Waals surface area contributed by atoms with Crippen molar-refractivity contribution in [2.45, 2.75) is 23.5 Å². The summed E-state index contributed by atoms with van der Waals surface area (Å²) in [4.78, 5) is 4.35. The van der Waals surface area contributed by atoms with Crippen LogP contribution >= 0.6 is 23.1 Å². The molecule has 1 aliphatic heterocycles. The van der Waals surface area contributed by atoms with Crippen LogP contribution in [0, 0.1) is 0 Å². The summed E-state index contributed by atoms with van der Waals surface area (Å²) in [5.41, 5.74) is 1.13. The minimum absolute atomic E-state index is 0.0275. The van der Waals surface area contributed by atoms with Gasteiger partial charge in [-0.2, -0.15) is 13.2 Å². The van der Waals surface area contributed by atoms with Gasteiger partial charge in [-0.3, -0.25) is 0 Å². The number of anilines is 1. The van der Waals surface area contributed by atoms with E-state index in [0.29, 0.717) is 16.5 Å². The van der Waals surface area contributed by atoms with Crippen LogP contribution in [0.2, 0.25) is 0 Å². The van der Waals surface area contributed by atoms with Gasteiger partial charge in [-0.15, -0.1) is 11.8 Å². The van der Waals surface area contributed by atoms with Crippen LogP contribution in [0.4, 0.5) is 18.3 Å². The average molecular weight is 316 g/mol. The van der Waals surface area contributed by atoms with E-state index in [1.165, 1.54) is 4.90 Å². The Bertz CT molecular complexity index is 610. The summed E-state index contributed by atoms with van der Waals surface area (Å²) in [6.45, 7) is 0. The number of rotatable bonds is 2. The number of fused-ring (bicyclic) bond motifs is 1. The highest BCUT2D eigenvalue weighted by atomic mass is 32.2. The van der Waals surface area contributed by atoms with Gasteiger partial charge in [0, 0.05) is 10.6 Å². The molecule has 1 aliphatic rings. The van der Waals surface area contributed by atoms with Gasteiger partial charge in [-0.05, 0) is 18.1 Å². The van der Waals surface area contributed by atoms with Crippen molar-refractivity contribution >= 4 is 28.2 Å². The van der Waals surface area contributed by atoms with Gasteiger partial charge >= 0.3 is 6.18 Å². The topological polar surface area (TPSA) is 24.9 Å². The zero-order valence-corrected chi connectivity index (χ0v) is 11.9. The van der Waals surface area contributed by atoms with E-state index in [9.17, 15) is 13.2 Å². The quantitative estimate of drug-likeness (QED) is 0.860. The summed E-state index contributed by atoms with van der Waals surface area (Å²) >= 11 is 2.43.